The predicted octanol–water partition coefficient (Wildman–Crippen LogP) is 4.09. The normalized spacial score (nSPS) is 12.2. The molecular formula is C20H25N5O2. The molecule has 2 N–H and O–H groups in total. The molecule has 0 bridgehead atoms. The summed E-state index contributed by atoms with van der Waals surface area (Å²) in [6.07, 6.45) is 0. The van der Waals surface area contributed by atoms with Crippen LogP contribution >= 0.6 is 0 Å². The SMILES string of the molecule is CC(C)c1cc(CNC(=O)N(C)[C@H](C)c2cc(-c3ccccc3)n[nH]2)no1. The number of carbonyl (C=O) groups excluding carboxylic acids is 1. The number of nitrogens with one attached hydrogen (secondary N) is 2. The van der Waals surface area contributed by atoms with Crippen molar-refractivity contribution in [2.45, 2.75) is 39.3 Å². The first kappa shape index (κ1) is 18.7. The molecule has 0 aliphatic rings. The predicted molar refractivity (Wildman–Crippen MR) is 103 cm³/mol. The van der Waals surface area contributed by atoms with Crippen molar-refractivity contribution in [1.82, 2.24) is 25.6 Å². The number of carbonyl (C=O) groups is 1. The number of nitrogens with zero attached hydrogens (tertiary/aromatic N) is 3. The van der Waals surface area contributed by atoms with Crippen molar-refractivity contribution in [3.05, 3.63) is 59.6 Å². The number of hydrogen-bond acceptors (Lipinski definition) is 4. The second kappa shape index (κ2) is 8.07. The molecule has 2 heterocycles. The summed E-state index contributed by atoms with van der Waals surface area (Å²) in [6.45, 7) is 6.35. The third kappa shape index (κ3) is 4.36. The van der Waals surface area contributed by atoms with Gasteiger partial charge in [0, 0.05) is 24.6 Å². The van der Waals surface area contributed by atoms with E-state index in [0.29, 0.717) is 12.2 Å². The van der Waals surface area contributed by atoms with Gasteiger partial charge in [-0.15, -0.1) is 0 Å². The van der Waals surface area contributed by atoms with Gasteiger partial charge in [-0.2, -0.15) is 5.10 Å². The maximum absolute atomic E-state index is 12.5. The maximum Gasteiger partial charge on any atom is 0.318 e. The van der Waals surface area contributed by atoms with E-state index in [0.717, 1.165) is 22.7 Å². The molecule has 7 nitrogen and oxygen atoms in total. The highest BCUT2D eigenvalue weighted by Crippen LogP contribution is 2.23. The number of benzene rings is 1. The first-order valence-electron chi connectivity index (χ1n) is 9.02. The molecule has 7 heteroatoms. The fourth-order valence-electron chi connectivity index (χ4n) is 2.67. The topological polar surface area (TPSA) is 87.0 Å². The fourth-order valence-corrected chi connectivity index (χ4v) is 2.67. The van der Waals surface area contributed by atoms with Gasteiger partial charge in [0.25, 0.3) is 0 Å². The van der Waals surface area contributed by atoms with Gasteiger partial charge in [0.2, 0.25) is 0 Å². The van der Waals surface area contributed by atoms with Crippen molar-refractivity contribution in [3.8, 4) is 11.3 Å². The molecule has 0 unspecified atom stereocenters. The van der Waals surface area contributed by atoms with E-state index in [1.54, 1.807) is 11.9 Å². The van der Waals surface area contributed by atoms with Crippen LogP contribution in [-0.2, 0) is 6.54 Å². The lowest BCUT2D eigenvalue weighted by Gasteiger charge is -2.23. The Balaban J connectivity index is 1.60. The van der Waals surface area contributed by atoms with Crippen molar-refractivity contribution in [3.63, 3.8) is 0 Å². The molecule has 3 aromatic rings. The molecule has 0 fully saturated rings. The summed E-state index contributed by atoms with van der Waals surface area (Å²) >= 11 is 0. The van der Waals surface area contributed by atoms with Gasteiger partial charge in [-0.1, -0.05) is 49.3 Å². The van der Waals surface area contributed by atoms with E-state index in [9.17, 15) is 4.79 Å². The van der Waals surface area contributed by atoms with Gasteiger partial charge in [-0.25, -0.2) is 4.79 Å². The summed E-state index contributed by atoms with van der Waals surface area (Å²) in [5.41, 5.74) is 3.47. The van der Waals surface area contributed by atoms with Crippen molar-refractivity contribution in [1.29, 1.82) is 0 Å². The van der Waals surface area contributed by atoms with Crippen LogP contribution in [0.2, 0.25) is 0 Å². The van der Waals surface area contributed by atoms with E-state index in [4.69, 9.17) is 4.52 Å². The summed E-state index contributed by atoms with van der Waals surface area (Å²) in [7, 11) is 1.76. The van der Waals surface area contributed by atoms with Crippen LogP contribution < -0.4 is 5.32 Å². The number of rotatable bonds is 6. The Kier molecular flexibility index (Phi) is 5.59. The molecule has 27 heavy (non-hydrogen) atoms. The minimum Gasteiger partial charge on any atom is -0.361 e. The van der Waals surface area contributed by atoms with E-state index < -0.39 is 0 Å². The Morgan fingerprint density at radius 1 is 1.22 bits per heavy atom. The lowest BCUT2D eigenvalue weighted by molar-refractivity contribution is 0.192. The zero-order chi connectivity index (χ0) is 19.4. The summed E-state index contributed by atoms with van der Waals surface area (Å²) < 4.78 is 5.25. The molecule has 3 rings (SSSR count). The molecule has 0 aliphatic carbocycles. The summed E-state index contributed by atoms with van der Waals surface area (Å²) in [4.78, 5) is 14.1. The second-order valence-electron chi connectivity index (χ2n) is 6.90. The molecule has 2 aromatic heterocycles. The van der Waals surface area contributed by atoms with Crippen LogP contribution in [0.4, 0.5) is 4.79 Å². The van der Waals surface area contributed by atoms with Crippen molar-refractivity contribution < 1.29 is 9.32 Å². The Labute approximate surface area is 158 Å². The highest BCUT2D eigenvalue weighted by molar-refractivity contribution is 5.74. The molecule has 1 atom stereocenters. The Bertz CT molecular complexity index is 885. The summed E-state index contributed by atoms with van der Waals surface area (Å²) in [6, 6.07) is 13.4. The molecule has 0 saturated carbocycles. The highest BCUT2D eigenvalue weighted by Gasteiger charge is 2.20. The Morgan fingerprint density at radius 2 is 1.96 bits per heavy atom. The summed E-state index contributed by atoms with van der Waals surface area (Å²) in [5, 5.41) is 14.2. The maximum atomic E-state index is 12.5. The van der Waals surface area contributed by atoms with Crippen molar-refractivity contribution >= 4 is 6.03 Å². The molecule has 142 valence electrons. The number of amides is 2. The lowest BCUT2D eigenvalue weighted by Crippen LogP contribution is -2.38. The number of urea groups is 1. The zero-order valence-electron chi connectivity index (χ0n) is 16.1. The third-order valence-corrected chi connectivity index (χ3v) is 4.59. The summed E-state index contributed by atoms with van der Waals surface area (Å²) in [5.74, 6) is 1.08. The first-order valence-corrected chi connectivity index (χ1v) is 9.02. The third-order valence-electron chi connectivity index (χ3n) is 4.59. The van der Waals surface area contributed by atoms with Crippen LogP contribution in [-0.4, -0.2) is 33.3 Å². The van der Waals surface area contributed by atoms with Crippen LogP contribution in [0.1, 0.15) is 49.9 Å². The van der Waals surface area contributed by atoms with E-state index in [1.165, 1.54) is 0 Å². The average Bonchev–Trinajstić information content (AvgIpc) is 3.35. The van der Waals surface area contributed by atoms with Crippen molar-refractivity contribution in [2.24, 2.45) is 0 Å². The molecule has 0 spiro atoms. The van der Waals surface area contributed by atoms with Crippen LogP contribution in [0.5, 0.6) is 0 Å². The monoisotopic (exact) mass is 367 g/mol. The van der Waals surface area contributed by atoms with Gasteiger partial charge in [0.1, 0.15) is 11.5 Å². The van der Waals surface area contributed by atoms with Crippen LogP contribution in [0.15, 0.2) is 47.0 Å². The van der Waals surface area contributed by atoms with Gasteiger partial charge in [0.15, 0.2) is 0 Å². The number of aromatic amines is 1. The van der Waals surface area contributed by atoms with Gasteiger partial charge < -0.3 is 14.7 Å². The van der Waals surface area contributed by atoms with Gasteiger partial charge in [-0.05, 0) is 13.0 Å². The molecule has 0 aliphatic heterocycles. The van der Waals surface area contributed by atoms with Crippen LogP contribution in [0.25, 0.3) is 11.3 Å². The standard InChI is InChI=1S/C20H25N5O2/c1-13(2)19-10-16(24-27-19)12-21-20(26)25(4)14(3)17-11-18(23-22-17)15-8-6-5-7-9-15/h5-11,13-14H,12H2,1-4H3,(H,21,26)(H,22,23)/t14-/m1/s1. The number of aromatic nitrogens is 3. The lowest BCUT2D eigenvalue weighted by atomic mass is 10.1. The molecule has 2 amide bonds. The van der Waals surface area contributed by atoms with Gasteiger partial charge in [0.05, 0.1) is 24.0 Å². The fraction of sp³-hybridized carbons (Fsp3) is 0.350. The van der Waals surface area contributed by atoms with Gasteiger partial charge in [-0.3, -0.25) is 5.10 Å². The smallest absolute Gasteiger partial charge is 0.318 e. The highest BCUT2D eigenvalue weighted by atomic mass is 16.5. The molecule has 1 aromatic carbocycles. The van der Waals surface area contributed by atoms with Crippen LogP contribution in [0.3, 0.4) is 0 Å². The first-order chi connectivity index (χ1) is 13.0. The quantitative estimate of drug-likeness (QED) is 0.687. The average molecular weight is 367 g/mol. The van der Waals surface area contributed by atoms with Gasteiger partial charge >= 0.3 is 6.03 Å². The van der Waals surface area contributed by atoms with Crippen molar-refractivity contribution in [2.75, 3.05) is 7.05 Å². The number of H-pyrrole nitrogens is 1. The molecule has 0 saturated heterocycles. The largest absolute Gasteiger partial charge is 0.361 e. The second-order valence-corrected chi connectivity index (χ2v) is 6.90. The van der Waals surface area contributed by atoms with E-state index in [1.807, 2.05) is 63.2 Å². The van der Waals surface area contributed by atoms with E-state index in [2.05, 4.69) is 20.7 Å². The Morgan fingerprint density at radius 3 is 2.63 bits per heavy atom. The minimum absolute atomic E-state index is 0.154. The Hall–Kier alpha value is -3.09. The zero-order valence-corrected chi connectivity index (χ0v) is 16.1. The van der Waals surface area contributed by atoms with Crippen LogP contribution in [0, 0.1) is 0 Å². The van der Waals surface area contributed by atoms with E-state index in [-0.39, 0.29) is 18.0 Å². The number of hydrogen-bond donors (Lipinski definition) is 2. The molecular weight excluding hydrogens is 342 g/mol. The van der Waals surface area contributed by atoms with E-state index >= 15 is 0 Å². The minimum atomic E-state index is -0.188. The molecule has 0 radical (unpaired) electrons.